The molecule has 48 valence electrons. The van der Waals surface area contributed by atoms with Crippen molar-refractivity contribution < 1.29 is 0 Å². The lowest BCUT2D eigenvalue weighted by molar-refractivity contribution is 1.78. The Balaban J connectivity index is 3.08. The normalized spacial score (nSPS) is 9.44. The van der Waals surface area contributed by atoms with Gasteiger partial charge in [0.25, 0.3) is 0 Å². The molecule has 0 saturated carbocycles. The summed E-state index contributed by atoms with van der Waals surface area (Å²) >= 11 is 11.8. The lowest BCUT2D eigenvalue weighted by Gasteiger charge is -1.89. The fraction of sp³-hybridized carbons (Fsp3) is 0. The third-order valence-corrected chi connectivity index (χ3v) is 2.55. The molecule has 4 heteroatoms. The fourth-order valence-electron chi connectivity index (χ4n) is 0.470. The van der Waals surface area contributed by atoms with E-state index in [0.29, 0.717) is 10.0 Å². The number of thiophene rings is 1. The highest BCUT2D eigenvalue weighted by Crippen LogP contribution is 2.21. The molecular weight excluding hydrogens is 174 g/mol. The van der Waals surface area contributed by atoms with Gasteiger partial charge >= 0.3 is 0 Å². The van der Waals surface area contributed by atoms with Crippen LogP contribution in [0.3, 0.4) is 0 Å². The van der Waals surface area contributed by atoms with Gasteiger partial charge in [0.05, 0.1) is 9.90 Å². The highest BCUT2D eigenvalue weighted by Gasteiger charge is 2.01. The lowest BCUT2D eigenvalue weighted by Crippen LogP contribution is -2.06. The van der Waals surface area contributed by atoms with E-state index in [1.165, 1.54) is 11.3 Å². The molecule has 0 aliphatic carbocycles. The SMILES string of the molecule is NC(=S)c1sccc1Cl. The van der Waals surface area contributed by atoms with Gasteiger partial charge in [0.1, 0.15) is 4.99 Å². The smallest absolute Gasteiger partial charge is 0.115 e. The average Bonchev–Trinajstić information content (AvgIpc) is 2.13. The predicted octanol–water partition coefficient (Wildman–Crippen LogP) is 2.04. The van der Waals surface area contributed by atoms with Crippen LogP contribution < -0.4 is 5.73 Å². The summed E-state index contributed by atoms with van der Waals surface area (Å²) in [7, 11) is 0. The second kappa shape index (κ2) is 2.64. The van der Waals surface area contributed by atoms with Crippen molar-refractivity contribution in [2.75, 3.05) is 0 Å². The Morgan fingerprint density at radius 3 is 2.67 bits per heavy atom. The van der Waals surface area contributed by atoms with Crippen LogP contribution in [-0.2, 0) is 0 Å². The van der Waals surface area contributed by atoms with Crippen LogP contribution in [0.4, 0.5) is 0 Å². The number of nitrogens with two attached hydrogens (primary N) is 1. The summed E-state index contributed by atoms with van der Waals surface area (Å²) in [5.74, 6) is 0. The van der Waals surface area contributed by atoms with Crippen molar-refractivity contribution in [3.05, 3.63) is 21.3 Å². The monoisotopic (exact) mass is 177 g/mol. The van der Waals surface area contributed by atoms with Crippen LogP contribution in [0.2, 0.25) is 5.02 Å². The first-order valence-electron chi connectivity index (χ1n) is 2.24. The number of hydrogen-bond acceptors (Lipinski definition) is 2. The summed E-state index contributed by atoms with van der Waals surface area (Å²) in [6.45, 7) is 0. The minimum Gasteiger partial charge on any atom is -0.389 e. The van der Waals surface area contributed by atoms with Crippen molar-refractivity contribution in [2.45, 2.75) is 0 Å². The molecule has 0 aromatic carbocycles. The van der Waals surface area contributed by atoms with Crippen molar-refractivity contribution >= 4 is 40.1 Å². The Morgan fingerprint density at radius 1 is 1.78 bits per heavy atom. The highest BCUT2D eigenvalue weighted by atomic mass is 35.5. The summed E-state index contributed by atoms with van der Waals surface area (Å²) in [5, 5.41) is 2.50. The fourth-order valence-corrected chi connectivity index (χ4v) is 1.79. The van der Waals surface area contributed by atoms with Crippen LogP contribution >= 0.6 is 35.2 Å². The Kier molecular flexibility index (Phi) is 2.05. The first kappa shape index (κ1) is 6.99. The number of hydrogen-bond donors (Lipinski definition) is 1. The van der Waals surface area contributed by atoms with Gasteiger partial charge in [0, 0.05) is 0 Å². The topological polar surface area (TPSA) is 26.0 Å². The molecule has 0 spiro atoms. The molecule has 1 aromatic rings. The second-order valence-electron chi connectivity index (χ2n) is 1.46. The van der Waals surface area contributed by atoms with Crippen LogP contribution in [-0.4, -0.2) is 4.99 Å². The van der Waals surface area contributed by atoms with Gasteiger partial charge in [-0.05, 0) is 11.4 Å². The molecule has 0 atom stereocenters. The molecule has 0 aliphatic rings. The third kappa shape index (κ3) is 1.41. The molecule has 1 rings (SSSR count). The maximum absolute atomic E-state index is 5.68. The molecule has 1 aromatic heterocycles. The van der Waals surface area contributed by atoms with Gasteiger partial charge < -0.3 is 5.73 Å². The van der Waals surface area contributed by atoms with Gasteiger partial charge in [-0.15, -0.1) is 11.3 Å². The molecular formula is C5H4ClNS2. The van der Waals surface area contributed by atoms with E-state index >= 15 is 0 Å². The lowest BCUT2D eigenvalue weighted by atomic mass is 10.5. The highest BCUT2D eigenvalue weighted by molar-refractivity contribution is 7.81. The summed E-state index contributed by atoms with van der Waals surface area (Å²) in [4.78, 5) is 1.17. The van der Waals surface area contributed by atoms with Gasteiger partial charge in [-0.1, -0.05) is 23.8 Å². The molecule has 0 aliphatic heterocycles. The molecule has 0 radical (unpaired) electrons. The summed E-state index contributed by atoms with van der Waals surface area (Å²) in [6, 6.07) is 1.78. The molecule has 0 saturated heterocycles. The van der Waals surface area contributed by atoms with Gasteiger partial charge in [-0.25, -0.2) is 0 Å². The first-order chi connectivity index (χ1) is 4.22. The summed E-state index contributed by atoms with van der Waals surface area (Å²) in [6.07, 6.45) is 0. The number of halogens is 1. The number of rotatable bonds is 1. The average molecular weight is 178 g/mol. The van der Waals surface area contributed by atoms with Gasteiger partial charge in [-0.2, -0.15) is 0 Å². The zero-order valence-electron chi connectivity index (χ0n) is 4.43. The molecule has 0 fully saturated rings. The van der Waals surface area contributed by atoms with E-state index in [1.54, 1.807) is 6.07 Å². The van der Waals surface area contributed by atoms with E-state index in [2.05, 4.69) is 0 Å². The first-order valence-corrected chi connectivity index (χ1v) is 3.91. The predicted molar refractivity (Wildman–Crippen MR) is 45.2 cm³/mol. The van der Waals surface area contributed by atoms with Crippen LogP contribution in [0.1, 0.15) is 4.88 Å². The van der Waals surface area contributed by atoms with E-state index in [4.69, 9.17) is 29.6 Å². The molecule has 0 bridgehead atoms. The minimum atomic E-state index is 0.370. The van der Waals surface area contributed by atoms with Crippen molar-refractivity contribution in [1.29, 1.82) is 0 Å². The Bertz CT molecular complexity index is 231. The van der Waals surface area contributed by atoms with Gasteiger partial charge in [-0.3, -0.25) is 0 Å². The maximum atomic E-state index is 5.68. The quantitative estimate of drug-likeness (QED) is 0.665. The Morgan fingerprint density at radius 2 is 2.44 bits per heavy atom. The van der Waals surface area contributed by atoms with Crippen LogP contribution in [0.15, 0.2) is 11.4 Å². The van der Waals surface area contributed by atoms with Crippen LogP contribution in [0.5, 0.6) is 0 Å². The molecule has 1 heterocycles. The largest absolute Gasteiger partial charge is 0.389 e. The van der Waals surface area contributed by atoms with E-state index in [9.17, 15) is 0 Å². The van der Waals surface area contributed by atoms with Crippen molar-refractivity contribution in [1.82, 2.24) is 0 Å². The van der Waals surface area contributed by atoms with Crippen LogP contribution in [0, 0.1) is 0 Å². The standard InChI is InChI=1S/C5H4ClNS2/c6-3-1-2-9-4(3)5(7)8/h1-2H,(H2,7,8). The van der Waals surface area contributed by atoms with E-state index in [-0.39, 0.29) is 0 Å². The van der Waals surface area contributed by atoms with Gasteiger partial charge in [0.2, 0.25) is 0 Å². The third-order valence-electron chi connectivity index (χ3n) is 0.841. The second-order valence-corrected chi connectivity index (χ2v) is 3.23. The molecule has 0 amide bonds. The zero-order valence-corrected chi connectivity index (χ0v) is 6.82. The number of thiocarbonyl (C=S) groups is 1. The van der Waals surface area contributed by atoms with Gasteiger partial charge in [0.15, 0.2) is 0 Å². The maximum Gasteiger partial charge on any atom is 0.115 e. The molecule has 1 nitrogen and oxygen atoms in total. The summed E-state index contributed by atoms with van der Waals surface area (Å²) in [5.41, 5.74) is 5.32. The van der Waals surface area contributed by atoms with Crippen molar-refractivity contribution in [3.8, 4) is 0 Å². The Hall–Kier alpha value is -0.120. The van der Waals surface area contributed by atoms with Crippen LogP contribution in [0.25, 0.3) is 0 Å². The summed E-state index contributed by atoms with van der Waals surface area (Å²) < 4.78 is 0. The molecule has 9 heavy (non-hydrogen) atoms. The Labute approximate surface area is 67.4 Å². The van der Waals surface area contributed by atoms with E-state index in [0.717, 1.165) is 4.88 Å². The van der Waals surface area contributed by atoms with Crippen molar-refractivity contribution in [3.63, 3.8) is 0 Å². The minimum absolute atomic E-state index is 0.370. The molecule has 2 N–H and O–H groups in total. The molecule has 0 unspecified atom stereocenters. The van der Waals surface area contributed by atoms with E-state index < -0.39 is 0 Å². The zero-order chi connectivity index (χ0) is 6.85. The van der Waals surface area contributed by atoms with Crippen molar-refractivity contribution in [2.24, 2.45) is 5.73 Å². The van der Waals surface area contributed by atoms with E-state index in [1.807, 2.05) is 5.38 Å².